The number of nitrogens with zero attached hydrogens (tertiary/aromatic N) is 2. The molecule has 1 aliphatic heterocycles. The molecular weight excluding hydrogens is 320 g/mol. The van der Waals surface area contributed by atoms with Gasteiger partial charge in [-0.25, -0.2) is 4.79 Å². The number of rotatable bonds is 7. The first kappa shape index (κ1) is 19.1. The van der Waals surface area contributed by atoms with Crippen LogP contribution >= 0.6 is 0 Å². The second-order valence-corrected chi connectivity index (χ2v) is 6.50. The van der Waals surface area contributed by atoms with Crippen LogP contribution < -0.4 is 15.4 Å². The molecule has 25 heavy (non-hydrogen) atoms. The number of carbonyl (C=O) groups excluding carboxylic acids is 2. The monoisotopic (exact) mass is 348 g/mol. The van der Waals surface area contributed by atoms with Gasteiger partial charge in [0.25, 0.3) is 5.91 Å². The number of carbonyl (C=O) groups is 2. The molecule has 1 aliphatic rings. The Morgan fingerprint density at radius 1 is 1.36 bits per heavy atom. The van der Waals surface area contributed by atoms with Crippen LogP contribution in [-0.4, -0.2) is 62.1 Å². The Labute approximate surface area is 149 Å². The van der Waals surface area contributed by atoms with Gasteiger partial charge in [0.2, 0.25) is 0 Å². The number of hydrogen-bond acceptors (Lipinski definition) is 4. The number of anilines is 1. The molecule has 0 aliphatic carbocycles. The average molecular weight is 348 g/mol. The molecule has 2 rings (SSSR count). The summed E-state index contributed by atoms with van der Waals surface area (Å²) in [5.74, 6) is 0.486. The van der Waals surface area contributed by atoms with E-state index < -0.39 is 0 Å². The maximum Gasteiger partial charge on any atom is 0.317 e. The minimum Gasteiger partial charge on any atom is -0.482 e. The van der Waals surface area contributed by atoms with E-state index in [-0.39, 0.29) is 24.6 Å². The van der Waals surface area contributed by atoms with Gasteiger partial charge < -0.3 is 25.2 Å². The Kier molecular flexibility index (Phi) is 6.64. The van der Waals surface area contributed by atoms with Gasteiger partial charge >= 0.3 is 6.03 Å². The van der Waals surface area contributed by atoms with Crippen LogP contribution in [0.1, 0.15) is 31.9 Å². The van der Waals surface area contributed by atoms with E-state index in [1.165, 1.54) is 0 Å². The highest BCUT2D eigenvalue weighted by Crippen LogP contribution is 2.30. The third-order valence-electron chi connectivity index (χ3n) is 4.18. The van der Waals surface area contributed by atoms with Crippen molar-refractivity contribution in [2.75, 3.05) is 45.7 Å². The quantitative estimate of drug-likeness (QED) is 0.791. The Morgan fingerprint density at radius 3 is 2.80 bits per heavy atom. The van der Waals surface area contributed by atoms with Gasteiger partial charge in [-0.1, -0.05) is 6.07 Å². The first-order valence-electron chi connectivity index (χ1n) is 8.67. The summed E-state index contributed by atoms with van der Waals surface area (Å²) in [6, 6.07) is 5.33. The van der Waals surface area contributed by atoms with Crippen LogP contribution in [0.2, 0.25) is 0 Å². The fourth-order valence-corrected chi connectivity index (χ4v) is 2.71. The van der Waals surface area contributed by atoms with Crippen LogP contribution in [0.25, 0.3) is 0 Å². The summed E-state index contributed by atoms with van der Waals surface area (Å²) in [7, 11) is 4.05. The number of nitrogens with one attached hydrogen (secondary N) is 2. The molecule has 2 N–H and O–H groups in total. The van der Waals surface area contributed by atoms with Crippen LogP contribution in [0.3, 0.4) is 0 Å². The largest absolute Gasteiger partial charge is 0.482 e. The lowest BCUT2D eigenvalue weighted by molar-refractivity contribution is -0.118. The molecule has 1 aromatic rings. The topological polar surface area (TPSA) is 73.9 Å². The lowest BCUT2D eigenvalue weighted by atomic mass is 10.1. The summed E-state index contributed by atoms with van der Waals surface area (Å²) in [6.45, 7) is 6.28. The van der Waals surface area contributed by atoms with Gasteiger partial charge in [-0.05, 0) is 58.6 Å². The van der Waals surface area contributed by atoms with Gasteiger partial charge in [0.1, 0.15) is 5.75 Å². The average Bonchev–Trinajstić information content (AvgIpc) is 2.57. The van der Waals surface area contributed by atoms with E-state index >= 15 is 0 Å². The zero-order valence-corrected chi connectivity index (χ0v) is 15.5. The number of hydrogen-bond donors (Lipinski definition) is 2. The van der Waals surface area contributed by atoms with Crippen molar-refractivity contribution in [2.24, 2.45) is 0 Å². The lowest BCUT2D eigenvalue weighted by Gasteiger charge is -2.25. The summed E-state index contributed by atoms with van der Waals surface area (Å²) in [6.07, 6.45) is 0.935. The maximum absolute atomic E-state index is 12.5. The van der Waals surface area contributed by atoms with Crippen LogP contribution in [0.5, 0.6) is 5.75 Å². The Morgan fingerprint density at radius 2 is 2.12 bits per heavy atom. The van der Waals surface area contributed by atoms with E-state index in [2.05, 4.69) is 15.5 Å². The van der Waals surface area contributed by atoms with E-state index in [0.29, 0.717) is 18.0 Å². The lowest BCUT2D eigenvalue weighted by Crippen LogP contribution is -2.42. The highest BCUT2D eigenvalue weighted by molar-refractivity contribution is 5.95. The van der Waals surface area contributed by atoms with Gasteiger partial charge in [-0.15, -0.1) is 0 Å². The maximum atomic E-state index is 12.5. The number of benzene rings is 1. The molecular formula is C18H28N4O3. The minimum atomic E-state index is -0.167. The van der Waals surface area contributed by atoms with Crippen LogP contribution in [0, 0.1) is 0 Å². The molecule has 0 unspecified atom stereocenters. The predicted molar refractivity (Wildman–Crippen MR) is 97.9 cm³/mol. The fourth-order valence-electron chi connectivity index (χ4n) is 2.71. The van der Waals surface area contributed by atoms with Crippen molar-refractivity contribution in [3.8, 4) is 5.75 Å². The molecule has 0 spiro atoms. The number of urea groups is 1. The van der Waals surface area contributed by atoms with Gasteiger partial charge in [0, 0.05) is 13.1 Å². The second-order valence-electron chi connectivity index (χ2n) is 6.50. The summed E-state index contributed by atoms with van der Waals surface area (Å²) in [5, 5.41) is 5.81. The highest BCUT2D eigenvalue weighted by Gasteiger charge is 2.19. The summed E-state index contributed by atoms with van der Waals surface area (Å²) in [5.41, 5.74) is 1.57. The summed E-state index contributed by atoms with van der Waals surface area (Å²) < 4.78 is 5.36. The fraction of sp³-hybridized carbons (Fsp3) is 0.556. The molecule has 0 aromatic heterocycles. The molecule has 0 radical (unpaired) electrons. The number of ether oxygens (including phenoxy) is 1. The third kappa shape index (κ3) is 5.35. The van der Waals surface area contributed by atoms with E-state index in [1.807, 2.05) is 51.0 Å². The molecule has 3 amide bonds. The SMILES string of the molecule is CCN(CCCN(C)C)C(=O)N[C@H](C)c1ccc2c(c1)NC(=O)CO2. The van der Waals surface area contributed by atoms with Crippen molar-refractivity contribution in [3.05, 3.63) is 23.8 Å². The van der Waals surface area contributed by atoms with E-state index in [9.17, 15) is 9.59 Å². The molecule has 7 nitrogen and oxygen atoms in total. The molecule has 1 heterocycles. The third-order valence-corrected chi connectivity index (χ3v) is 4.18. The van der Waals surface area contributed by atoms with Gasteiger partial charge in [-0.2, -0.15) is 0 Å². The van der Waals surface area contributed by atoms with Crippen molar-refractivity contribution < 1.29 is 14.3 Å². The van der Waals surface area contributed by atoms with Gasteiger partial charge in [0.05, 0.1) is 11.7 Å². The number of amides is 3. The summed E-state index contributed by atoms with van der Waals surface area (Å²) in [4.78, 5) is 27.8. The first-order valence-corrected chi connectivity index (χ1v) is 8.67. The van der Waals surface area contributed by atoms with Crippen LogP contribution in [0.15, 0.2) is 18.2 Å². The van der Waals surface area contributed by atoms with Crippen LogP contribution in [0.4, 0.5) is 10.5 Å². The Bertz CT molecular complexity index is 618. The molecule has 0 saturated heterocycles. The van der Waals surface area contributed by atoms with Gasteiger partial charge in [0.15, 0.2) is 6.61 Å². The Hall–Kier alpha value is -2.28. The molecule has 1 atom stereocenters. The standard InChI is InChI=1S/C18H28N4O3/c1-5-22(10-6-9-21(3)4)18(24)19-13(2)14-7-8-16-15(11-14)20-17(23)12-25-16/h7-8,11,13H,5-6,9-10,12H2,1-4H3,(H,19,24)(H,20,23)/t13-/m1/s1. The van der Waals surface area contributed by atoms with Crippen LogP contribution in [-0.2, 0) is 4.79 Å². The number of fused-ring (bicyclic) bond motifs is 1. The van der Waals surface area contributed by atoms with E-state index in [1.54, 1.807) is 0 Å². The molecule has 0 bridgehead atoms. The van der Waals surface area contributed by atoms with Crippen molar-refractivity contribution >= 4 is 17.6 Å². The smallest absolute Gasteiger partial charge is 0.317 e. The molecule has 138 valence electrons. The zero-order valence-electron chi connectivity index (χ0n) is 15.5. The Balaban J connectivity index is 1.95. The normalized spacial score (nSPS) is 14.4. The predicted octanol–water partition coefficient (Wildman–Crippen LogP) is 2.06. The van der Waals surface area contributed by atoms with Crippen molar-refractivity contribution in [1.29, 1.82) is 0 Å². The highest BCUT2D eigenvalue weighted by atomic mass is 16.5. The second kappa shape index (κ2) is 8.71. The van der Waals surface area contributed by atoms with Crippen molar-refractivity contribution in [2.45, 2.75) is 26.3 Å². The molecule has 0 saturated carbocycles. The minimum absolute atomic E-state index is 0.0387. The molecule has 1 aromatic carbocycles. The zero-order chi connectivity index (χ0) is 18.4. The first-order chi connectivity index (χ1) is 11.9. The van der Waals surface area contributed by atoms with E-state index in [0.717, 1.165) is 25.1 Å². The van der Waals surface area contributed by atoms with Gasteiger partial charge in [-0.3, -0.25) is 4.79 Å². The van der Waals surface area contributed by atoms with Crippen molar-refractivity contribution in [3.63, 3.8) is 0 Å². The molecule has 7 heteroatoms. The van der Waals surface area contributed by atoms with E-state index in [4.69, 9.17) is 4.74 Å². The van der Waals surface area contributed by atoms with Crippen molar-refractivity contribution in [1.82, 2.24) is 15.1 Å². The molecule has 0 fully saturated rings. The summed E-state index contributed by atoms with van der Waals surface area (Å²) >= 11 is 0.